The van der Waals surface area contributed by atoms with Crippen LogP contribution in [0.1, 0.15) is 19.3 Å². The zero-order valence-electron chi connectivity index (χ0n) is 7.67. The van der Waals surface area contributed by atoms with Gasteiger partial charge in [-0.05, 0) is 25.8 Å². The standard InChI is InChI=1S/C9H19NO2/c11-7-3-1-2-4-10-5-8-12-9-6-10/h11H,1-9H2. The maximum atomic E-state index is 8.57. The largest absolute Gasteiger partial charge is 0.396 e. The first-order chi connectivity index (χ1) is 5.93. The Hall–Kier alpha value is -0.120. The molecule has 1 saturated heterocycles. The van der Waals surface area contributed by atoms with E-state index in [4.69, 9.17) is 9.84 Å². The Bertz CT molecular complexity index is 103. The number of morpholine rings is 1. The summed E-state index contributed by atoms with van der Waals surface area (Å²) in [4.78, 5) is 2.43. The van der Waals surface area contributed by atoms with Gasteiger partial charge in [0.15, 0.2) is 0 Å². The van der Waals surface area contributed by atoms with Crippen LogP contribution in [0.5, 0.6) is 0 Å². The van der Waals surface area contributed by atoms with Crippen molar-refractivity contribution in [2.45, 2.75) is 19.3 Å². The fourth-order valence-electron chi connectivity index (χ4n) is 1.45. The van der Waals surface area contributed by atoms with E-state index in [-0.39, 0.29) is 0 Å². The van der Waals surface area contributed by atoms with Crippen LogP contribution in [0.4, 0.5) is 0 Å². The third-order valence-electron chi connectivity index (χ3n) is 2.24. The van der Waals surface area contributed by atoms with Crippen LogP contribution in [-0.2, 0) is 4.74 Å². The first-order valence-corrected chi connectivity index (χ1v) is 4.84. The van der Waals surface area contributed by atoms with Crippen LogP contribution in [-0.4, -0.2) is 49.5 Å². The second-order valence-electron chi connectivity index (χ2n) is 3.24. The number of hydrogen-bond acceptors (Lipinski definition) is 3. The van der Waals surface area contributed by atoms with Crippen LogP contribution in [0.25, 0.3) is 0 Å². The molecule has 1 fully saturated rings. The molecule has 0 spiro atoms. The molecule has 3 nitrogen and oxygen atoms in total. The van der Waals surface area contributed by atoms with E-state index in [1.807, 2.05) is 0 Å². The Morgan fingerprint density at radius 3 is 2.50 bits per heavy atom. The van der Waals surface area contributed by atoms with Gasteiger partial charge in [0.2, 0.25) is 0 Å². The normalized spacial score (nSPS) is 19.8. The number of aliphatic hydroxyl groups is 1. The monoisotopic (exact) mass is 173 g/mol. The average Bonchev–Trinajstić information content (AvgIpc) is 2.14. The van der Waals surface area contributed by atoms with Crippen LogP contribution in [0.2, 0.25) is 0 Å². The molecule has 0 aliphatic carbocycles. The van der Waals surface area contributed by atoms with Gasteiger partial charge >= 0.3 is 0 Å². The van der Waals surface area contributed by atoms with E-state index in [0.29, 0.717) is 6.61 Å². The number of rotatable bonds is 5. The lowest BCUT2D eigenvalue weighted by Crippen LogP contribution is -2.36. The van der Waals surface area contributed by atoms with Crippen molar-refractivity contribution in [2.75, 3.05) is 39.5 Å². The van der Waals surface area contributed by atoms with Crippen LogP contribution in [0, 0.1) is 0 Å². The first kappa shape index (κ1) is 9.96. The Balaban J connectivity index is 1.91. The van der Waals surface area contributed by atoms with Crippen molar-refractivity contribution in [3.05, 3.63) is 0 Å². The molecule has 1 rings (SSSR count). The minimum absolute atomic E-state index is 0.336. The molecule has 0 aromatic rings. The highest BCUT2D eigenvalue weighted by atomic mass is 16.5. The van der Waals surface area contributed by atoms with E-state index in [2.05, 4.69) is 4.90 Å². The fourth-order valence-corrected chi connectivity index (χ4v) is 1.45. The van der Waals surface area contributed by atoms with Crippen molar-refractivity contribution in [1.29, 1.82) is 0 Å². The minimum atomic E-state index is 0.336. The van der Waals surface area contributed by atoms with Crippen molar-refractivity contribution < 1.29 is 9.84 Å². The van der Waals surface area contributed by atoms with E-state index in [9.17, 15) is 0 Å². The molecule has 0 radical (unpaired) electrons. The molecule has 0 amide bonds. The van der Waals surface area contributed by atoms with Gasteiger partial charge in [-0.15, -0.1) is 0 Å². The summed E-state index contributed by atoms with van der Waals surface area (Å²) in [6.45, 7) is 5.45. The van der Waals surface area contributed by atoms with Gasteiger partial charge in [-0.1, -0.05) is 0 Å². The van der Waals surface area contributed by atoms with Crippen molar-refractivity contribution in [2.24, 2.45) is 0 Å². The zero-order valence-corrected chi connectivity index (χ0v) is 7.67. The highest BCUT2D eigenvalue weighted by molar-refractivity contribution is 4.61. The molecular formula is C9H19NO2. The van der Waals surface area contributed by atoms with E-state index in [0.717, 1.165) is 39.1 Å². The highest BCUT2D eigenvalue weighted by Gasteiger charge is 2.08. The van der Waals surface area contributed by atoms with Crippen LogP contribution >= 0.6 is 0 Å². The lowest BCUT2D eigenvalue weighted by atomic mass is 10.2. The van der Waals surface area contributed by atoms with Gasteiger partial charge in [0.05, 0.1) is 13.2 Å². The summed E-state index contributed by atoms with van der Waals surface area (Å²) < 4.78 is 5.25. The van der Waals surface area contributed by atoms with Gasteiger partial charge in [-0.3, -0.25) is 4.90 Å². The van der Waals surface area contributed by atoms with E-state index in [1.165, 1.54) is 13.0 Å². The summed E-state index contributed by atoms with van der Waals surface area (Å²) >= 11 is 0. The summed E-state index contributed by atoms with van der Waals surface area (Å²) in [6.07, 6.45) is 3.30. The summed E-state index contributed by atoms with van der Waals surface area (Å²) in [7, 11) is 0. The number of unbranched alkanes of at least 4 members (excludes halogenated alkanes) is 2. The lowest BCUT2D eigenvalue weighted by Gasteiger charge is -2.26. The molecule has 1 aliphatic rings. The van der Waals surface area contributed by atoms with Gasteiger partial charge in [-0.25, -0.2) is 0 Å². The molecule has 1 heterocycles. The van der Waals surface area contributed by atoms with Crippen LogP contribution < -0.4 is 0 Å². The Labute approximate surface area is 74.3 Å². The minimum Gasteiger partial charge on any atom is -0.396 e. The maximum Gasteiger partial charge on any atom is 0.0594 e. The van der Waals surface area contributed by atoms with Crippen molar-refractivity contribution in [1.82, 2.24) is 4.90 Å². The Kier molecular flexibility index (Phi) is 5.32. The van der Waals surface area contributed by atoms with Crippen LogP contribution in [0.3, 0.4) is 0 Å². The Morgan fingerprint density at radius 1 is 1.08 bits per heavy atom. The van der Waals surface area contributed by atoms with Crippen molar-refractivity contribution in [3.63, 3.8) is 0 Å². The second kappa shape index (κ2) is 6.40. The number of nitrogens with zero attached hydrogens (tertiary/aromatic N) is 1. The van der Waals surface area contributed by atoms with Crippen molar-refractivity contribution >= 4 is 0 Å². The fraction of sp³-hybridized carbons (Fsp3) is 1.00. The van der Waals surface area contributed by atoms with E-state index >= 15 is 0 Å². The number of aliphatic hydroxyl groups excluding tert-OH is 1. The maximum absolute atomic E-state index is 8.57. The molecular weight excluding hydrogens is 154 g/mol. The zero-order chi connectivity index (χ0) is 8.65. The predicted octanol–water partition coefficient (Wildman–Crippen LogP) is 0.481. The molecule has 1 aliphatic heterocycles. The highest BCUT2D eigenvalue weighted by Crippen LogP contribution is 2.01. The molecule has 0 saturated carbocycles. The smallest absolute Gasteiger partial charge is 0.0594 e. The third-order valence-corrected chi connectivity index (χ3v) is 2.24. The molecule has 0 atom stereocenters. The summed E-state index contributed by atoms with van der Waals surface area (Å²) in [5.74, 6) is 0. The van der Waals surface area contributed by atoms with Crippen LogP contribution in [0.15, 0.2) is 0 Å². The molecule has 72 valence electrons. The average molecular weight is 173 g/mol. The predicted molar refractivity (Wildman–Crippen MR) is 48.2 cm³/mol. The topological polar surface area (TPSA) is 32.7 Å². The van der Waals surface area contributed by atoms with Gasteiger partial charge in [0.1, 0.15) is 0 Å². The SMILES string of the molecule is OCCCCCN1CCOCC1. The first-order valence-electron chi connectivity index (χ1n) is 4.84. The summed E-state index contributed by atoms with van der Waals surface area (Å²) in [5.41, 5.74) is 0. The molecule has 0 bridgehead atoms. The quantitative estimate of drug-likeness (QED) is 0.614. The van der Waals surface area contributed by atoms with Gasteiger partial charge in [0.25, 0.3) is 0 Å². The molecule has 0 aromatic carbocycles. The summed E-state index contributed by atoms with van der Waals surface area (Å²) in [6, 6.07) is 0. The summed E-state index contributed by atoms with van der Waals surface area (Å²) in [5, 5.41) is 8.57. The molecule has 1 N–H and O–H groups in total. The Morgan fingerprint density at radius 2 is 1.83 bits per heavy atom. The molecule has 0 aromatic heterocycles. The van der Waals surface area contributed by atoms with Gasteiger partial charge in [-0.2, -0.15) is 0 Å². The molecule has 12 heavy (non-hydrogen) atoms. The second-order valence-corrected chi connectivity index (χ2v) is 3.24. The molecule has 0 unspecified atom stereocenters. The lowest BCUT2D eigenvalue weighted by molar-refractivity contribution is 0.0370. The van der Waals surface area contributed by atoms with Gasteiger partial charge in [0, 0.05) is 19.7 Å². The number of hydrogen-bond donors (Lipinski definition) is 1. The number of ether oxygens (including phenoxy) is 1. The third kappa shape index (κ3) is 4.04. The molecule has 3 heteroatoms. The van der Waals surface area contributed by atoms with Gasteiger partial charge < -0.3 is 9.84 Å². The van der Waals surface area contributed by atoms with Crippen molar-refractivity contribution in [3.8, 4) is 0 Å². The van der Waals surface area contributed by atoms with E-state index < -0.39 is 0 Å². The van der Waals surface area contributed by atoms with E-state index in [1.54, 1.807) is 0 Å².